The van der Waals surface area contributed by atoms with E-state index in [0.717, 1.165) is 42.6 Å². The summed E-state index contributed by atoms with van der Waals surface area (Å²) in [5, 5.41) is 14.2. The van der Waals surface area contributed by atoms with E-state index in [0.29, 0.717) is 18.9 Å². The van der Waals surface area contributed by atoms with Gasteiger partial charge in [0, 0.05) is 11.8 Å². The summed E-state index contributed by atoms with van der Waals surface area (Å²) >= 11 is 0. The lowest BCUT2D eigenvalue weighted by molar-refractivity contribution is 0.0919. The highest BCUT2D eigenvalue weighted by Gasteiger charge is 2.33. The number of fused-ring (bicyclic) bond motifs is 1. The Balaban J connectivity index is 1.57. The van der Waals surface area contributed by atoms with Crippen LogP contribution in [0.5, 0.6) is 0 Å². The summed E-state index contributed by atoms with van der Waals surface area (Å²) in [4.78, 5) is 24.8. The van der Waals surface area contributed by atoms with Crippen LogP contribution in [-0.4, -0.2) is 45.1 Å². The van der Waals surface area contributed by atoms with Crippen molar-refractivity contribution < 1.29 is 9.53 Å². The van der Waals surface area contributed by atoms with E-state index in [9.17, 15) is 9.59 Å². The molecule has 3 heterocycles. The van der Waals surface area contributed by atoms with Crippen molar-refractivity contribution in [2.24, 2.45) is 0 Å². The lowest BCUT2D eigenvalue weighted by atomic mass is 9.97. The molecule has 0 saturated carbocycles. The molecule has 8 heteroatoms. The summed E-state index contributed by atoms with van der Waals surface area (Å²) < 4.78 is 7.01. The normalized spacial score (nSPS) is 22.6. The van der Waals surface area contributed by atoms with Crippen LogP contribution < -0.4 is 10.9 Å². The Morgan fingerprint density at radius 2 is 2.16 bits per heavy atom. The number of hydrogen-bond acceptors (Lipinski definition) is 5. The third-order valence-electron chi connectivity index (χ3n) is 4.85. The van der Waals surface area contributed by atoms with Gasteiger partial charge in [0.05, 0.1) is 24.9 Å². The van der Waals surface area contributed by atoms with Gasteiger partial charge in [0.15, 0.2) is 0 Å². The predicted molar refractivity (Wildman–Crippen MR) is 89.6 cm³/mol. The maximum atomic E-state index is 12.5. The van der Waals surface area contributed by atoms with Gasteiger partial charge >= 0.3 is 0 Å². The lowest BCUT2D eigenvalue weighted by Crippen LogP contribution is -2.44. The fourth-order valence-electron chi connectivity index (χ4n) is 3.51. The van der Waals surface area contributed by atoms with Gasteiger partial charge in [0.2, 0.25) is 0 Å². The van der Waals surface area contributed by atoms with E-state index in [-0.39, 0.29) is 23.6 Å². The molecule has 2 unspecified atom stereocenters. The standard InChI is InChI=1S/C17H21N5O3/c1-10-6-13(20-19-10)17(24)18-14-8-25-9-15(14)22-16(23)7-11-4-2-3-5-12(11)21-22/h6-7,14-15H,2-5,8-9H2,1H3,(H,18,24)(H,19,20). The van der Waals surface area contributed by atoms with Gasteiger partial charge in [-0.1, -0.05) is 0 Å². The van der Waals surface area contributed by atoms with Crippen LogP contribution in [0.15, 0.2) is 16.9 Å². The summed E-state index contributed by atoms with van der Waals surface area (Å²) in [5.74, 6) is -0.282. The topological polar surface area (TPSA) is 102 Å². The highest BCUT2D eigenvalue weighted by molar-refractivity contribution is 5.92. The fourth-order valence-corrected chi connectivity index (χ4v) is 3.51. The van der Waals surface area contributed by atoms with Gasteiger partial charge in [0.25, 0.3) is 11.5 Å². The second kappa shape index (κ2) is 6.44. The molecule has 0 radical (unpaired) electrons. The molecule has 132 valence electrons. The van der Waals surface area contributed by atoms with Crippen LogP contribution in [-0.2, 0) is 17.6 Å². The zero-order valence-corrected chi connectivity index (χ0v) is 14.1. The Hall–Kier alpha value is -2.48. The monoisotopic (exact) mass is 343 g/mol. The zero-order chi connectivity index (χ0) is 17.4. The van der Waals surface area contributed by atoms with Gasteiger partial charge in [-0.15, -0.1) is 0 Å². The first kappa shape index (κ1) is 16.0. The minimum Gasteiger partial charge on any atom is -0.377 e. The van der Waals surface area contributed by atoms with Crippen LogP contribution >= 0.6 is 0 Å². The van der Waals surface area contributed by atoms with Crippen LogP contribution in [0.2, 0.25) is 0 Å². The van der Waals surface area contributed by atoms with Crippen molar-refractivity contribution in [3.05, 3.63) is 45.1 Å². The average Bonchev–Trinajstić information content (AvgIpc) is 3.23. The second-order valence-electron chi connectivity index (χ2n) is 6.73. The number of ether oxygens (including phenoxy) is 1. The molecule has 1 fully saturated rings. The Kier molecular flexibility index (Phi) is 4.12. The number of carbonyl (C=O) groups is 1. The number of carbonyl (C=O) groups excluding carboxylic acids is 1. The Labute approximate surface area is 144 Å². The Morgan fingerprint density at radius 1 is 1.32 bits per heavy atom. The molecule has 1 aliphatic carbocycles. The van der Waals surface area contributed by atoms with E-state index in [1.165, 1.54) is 4.68 Å². The predicted octanol–water partition coefficient (Wildman–Crippen LogP) is 0.524. The van der Waals surface area contributed by atoms with Crippen LogP contribution in [0.3, 0.4) is 0 Å². The molecular formula is C17H21N5O3. The van der Waals surface area contributed by atoms with Gasteiger partial charge in [-0.2, -0.15) is 10.2 Å². The van der Waals surface area contributed by atoms with Crippen molar-refractivity contribution >= 4 is 5.91 Å². The van der Waals surface area contributed by atoms with E-state index in [1.807, 2.05) is 6.92 Å². The SMILES string of the molecule is Cc1cc(C(=O)NC2COCC2n2nc3c(cc2=O)CCCC3)n[nH]1. The van der Waals surface area contributed by atoms with Gasteiger partial charge in [-0.25, -0.2) is 4.68 Å². The molecule has 2 atom stereocenters. The Morgan fingerprint density at radius 3 is 2.96 bits per heavy atom. The molecule has 1 aliphatic heterocycles. The van der Waals surface area contributed by atoms with E-state index in [1.54, 1.807) is 12.1 Å². The molecule has 0 aromatic carbocycles. The van der Waals surface area contributed by atoms with Crippen molar-refractivity contribution in [1.29, 1.82) is 0 Å². The van der Waals surface area contributed by atoms with E-state index in [4.69, 9.17) is 4.74 Å². The van der Waals surface area contributed by atoms with Gasteiger partial charge in [-0.3, -0.25) is 14.7 Å². The number of rotatable bonds is 3. The quantitative estimate of drug-likeness (QED) is 0.846. The minimum absolute atomic E-state index is 0.133. The molecule has 1 amide bonds. The zero-order valence-electron chi connectivity index (χ0n) is 14.1. The molecule has 0 spiro atoms. The van der Waals surface area contributed by atoms with Crippen molar-refractivity contribution in [1.82, 2.24) is 25.3 Å². The number of aromatic nitrogens is 4. The molecule has 2 aliphatic rings. The molecular weight excluding hydrogens is 322 g/mol. The Bertz CT molecular complexity index is 856. The van der Waals surface area contributed by atoms with Crippen molar-refractivity contribution in [3.8, 4) is 0 Å². The highest BCUT2D eigenvalue weighted by atomic mass is 16.5. The van der Waals surface area contributed by atoms with Crippen LogP contribution in [0.1, 0.15) is 46.3 Å². The summed E-state index contributed by atoms with van der Waals surface area (Å²) in [6.07, 6.45) is 4.01. The van der Waals surface area contributed by atoms with Crippen molar-refractivity contribution in [2.75, 3.05) is 13.2 Å². The van der Waals surface area contributed by atoms with E-state index < -0.39 is 0 Å². The number of amides is 1. The largest absolute Gasteiger partial charge is 0.377 e. The summed E-state index contributed by atoms with van der Waals surface area (Å²) in [6, 6.07) is 2.76. The first-order chi connectivity index (χ1) is 12.1. The smallest absolute Gasteiger partial charge is 0.272 e. The summed E-state index contributed by atoms with van der Waals surface area (Å²) in [7, 11) is 0. The molecule has 2 N–H and O–H groups in total. The third-order valence-corrected chi connectivity index (χ3v) is 4.85. The molecule has 4 rings (SSSR count). The number of aromatic amines is 1. The molecule has 8 nitrogen and oxygen atoms in total. The van der Waals surface area contributed by atoms with Crippen LogP contribution in [0, 0.1) is 6.92 Å². The molecule has 2 aromatic rings. The molecule has 0 bridgehead atoms. The second-order valence-corrected chi connectivity index (χ2v) is 6.73. The summed E-state index contributed by atoms with van der Waals surface area (Å²) in [6.45, 7) is 2.54. The van der Waals surface area contributed by atoms with Crippen LogP contribution in [0.25, 0.3) is 0 Å². The highest BCUT2D eigenvalue weighted by Crippen LogP contribution is 2.21. The van der Waals surface area contributed by atoms with Crippen molar-refractivity contribution in [3.63, 3.8) is 0 Å². The number of H-pyrrole nitrogens is 1. The first-order valence-corrected chi connectivity index (χ1v) is 8.64. The first-order valence-electron chi connectivity index (χ1n) is 8.64. The van der Waals surface area contributed by atoms with E-state index >= 15 is 0 Å². The fraction of sp³-hybridized carbons (Fsp3) is 0.529. The maximum Gasteiger partial charge on any atom is 0.272 e. The average molecular weight is 343 g/mol. The number of nitrogens with zero attached hydrogens (tertiary/aromatic N) is 3. The molecule has 25 heavy (non-hydrogen) atoms. The summed E-state index contributed by atoms with van der Waals surface area (Å²) in [5.41, 5.74) is 3.06. The minimum atomic E-state index is -0.309. The van der Waals surface area contributed by atoms with Crippen molar-refractivity contribution in [2.45, 2.75) is 44.7 Å². The number of aryl methyl sites for hydroxylation is 3. The maximum absolute atomic E-state index is 12.5. The lowest BCUT2D eigenvalue weighted by Gasteiger charge is -2.22. The third kappa shape index (κ3) is 3.09. The molecule has 2 aromatic heterocycles. The number of nitrogens with one attached hydrogen (secondary N) is 2. The van der Waals surface area contributed by atoms with Gasteiger partial charge < -0.3 is 10.1 Å². The molecule has 1 saturated heterocycles. The van der Waals surface area contributed by atoms with Crippen LogP contribution in [0.4, 0.5) is 0 Å². The van der Waals surface area contributed by atoms with Gasteiger partial charge in [-0.05, 0) is 44.2 Å². The van der Waals surface area contributed by atoms with Gasteiger partial charge in [0.1, 0.15) is 11.7 Å². The van der Waals surface area contributed by atoms with E-state index in [2.05, 4.69) is 20.6 Å². The number of hydrogen-bond donors (Lipinski definition) is 2.